The van der Waals surface area contributed by atoms with E-state index in [1.165, 1.54) is 12.3 Å². The fourth-order valence-corrected chi connectivity index (χ4v) is 3.56. The van der Waals surface area contributed by atoms with E-state index >= 15 is 0 Å². The molecule has 2 atom stereocenters. The topological polar surface area (TPSA) is 83.1 Å². The van der Waals surface area contributed by atoms with Crippen molar-refractivity contribution in [2.75, 3.05) is 18.0 Å². The highest BCUT2D eigenvalue weighted by molar-refractivity contribution is 5.92. The van der Waals surface area contributed by atoms with Crippen molar-refractivity contribution >= 4 is 11.7 Å². The highest BCUT2D eigenvalue weighted by Gasteiger charge is 2.33. The maximum Gasteiger partial charge on any atom is 0.433 e. The van der Waals surface area contributed by atoms with E-state index in [2.05, 4.69) is 20.5 Å². The first-order valence-electron chi connectivity index (χ1n) is 10.2. The summed E-state index contributed by atoms with van der Waals surface area (Å²) in [6.45, 7) is 2.89. The molecule has 1 aliphatic heterocycles. The molecule has 3 aromatic rings. The number of nitrogens with one attached hydrogen (secondary N) is 2. The maximum atomic E-state index is 12.9. The highest BCUT2D eigenvalue weighted by atomic mass is 19.4. The van der Waals surface area contributed by atoms with Gasteiger partial charge in [-0.25, -0.2) is 4.98 Å². The van der Waals surface area contributed by atoms with Gasteiger partial charge in [0.15, 0.2) is 0 Å². The molecule has 0 aliphatic carbocycles. The third-order valence-corrected chi connectivity index (χ3v) is 5.27. The van der Waals surface area contributed by atoms with Crippen molar-refractivity contribution in [3.63, 3.8) is 0 Å². The number of rotatable bonds is 6. The van der Waals surface area contributed by atoms with Crippen molar-refractivity contribution in [2.45, 2.75) is 31.7 Å². The van der Waals surface area contributed by atoms with Crippen LogP contribution in [0.25, 0.3) is 0 Å². The van der Waals surface area contributed by atoms with Gasteiger partial charge in [-0.2, -0.15) is 18.3 Å². The first-order chi connectivity index (χ1) is 15.3. The normalized spacial score (nSPS) is 17.2. The number of anilines is 1. The quantitative estimate of drug-likeness (QED) is 0.600. The van der Waals surface area contributed by atoms with Crippen LogP contribution < -0.4 is 15.0 Å². The van der Waals surface area contributed by atoms with Crippen LogP contribution in [-0.2, 0) is 6.18 Å². The van der Waals surface area contributed by atoms with Gasteiger partial charge in [0.1, 0.15) is 29.1 Å². The lowest BCUT2D eigenvalue weighted by molar-refractivity contribution is -0.141. The van der Waals surface area contributed by atoms with Crippen LogP contribution in [0.5, 0.6) is 5.75 Å². The molecule has 7 nitrogen and oxygen atoms in total. The van der Waals surface area contributed by atoms with Gasteiger partial charge < -0.3 is 15.0 Å². The number of aromatic nitrogens is 3. The zero-order valence-corrected chi connectivity index (χ0v) is 17.3. The number of alkyl halides is 3. The van der Waals surface area contributed by atoms with Gasteiger partial charge in [0.05, 0.1) is 12.6 Å². The molecule has 2 N–H and O–H groups in total. The molecule has 32 heavy (non-hydrogen) atoms. The molecule has 1 amide bonds. The number of hydrogen-bond acceptors (Lipinski definition) is 5. The van der Waals surface area contributed by atoms with E-state index in [1.807, 2.05) is 31.2 Å². The Morgan fingerprint density at radius 2 is 2.00 bits per heavy atom. The summed E-state index contributed by atoms with van der Waals surface area (Å²) in [6.07, 6.45) is -2.44. The predicted molar refractivity (Wildman–Crippen MR) is 111 cm³/mol. The van der Waals surface area contributed by atoms with Crippen LogP contribution in [0.15, 0.2) is 54.7 Å². The molecule has 1 unspecified atom stereocenters. The minimum Gasteiger partial charge on any atom is -0.489 e. The van der Waals surface area contributed by atoms with Crippen LogP contribution >= 0.6 is 0 Å². The Kier molecular flexibility index (Phi) is 6.02. The minimum atomic E-state index is -4.47. The third kappa shape index (κ3) is 5.01. The van der Waals surface area contributed by atoms with E-state index < -0.39 is 11.9 Å². The molecule has 2 aromatic heterocycles. The molecule has 3 heterocycles. The van der Waals surface area contributed by atoms with Crippen LogP contribution in [0.3, 0.4) is 0 Å². The summed E-state index contributed by atoms with van der Waals surface area (Å²) in [5, 5.41) is 9.27. The molecule has 0 saturated carbocycles. The summed E-state index contributed by atoms with van der Waals surface area (Å²) < 4.78 is 44.8. The van der Waals surface area contributed by atoms with Crippen LogP contribution in [0.2, 0.25) is 0 Å². The lowest BCUT2D eigenvalue weighted by Crippen LogP contribution is -2.27. The smallest absolute Gasteiger partial charge is 0.433 e. The van der Waals surface area contributed by atoms with Crippen LogP contribution in [0, 0.1) is 0 Å². The van der Waals surface area contributed by atoms with Gasteiger partial charge in [0.25, 0.3) is 5.91 Å². The van der Waals surface area contributed by atoms with Crippen molar-refractivity contribution in [2.24, 2.45) is 0 Å². The summed E-state index contributed by atoms with van der Waals surface area (Å²) in [5.41, 5.74) is 0.396. The van der Waals surface area contributed by atoms with E-state index in [-0.39, 0.29) is 18.1 Å². The SMILES string of the molecule is C[C@H](NC(=O)c1ccn[nH]1)c1ccc(OC2CCN(c3cccc(C(F)(F)F)n3)C2)cc1. The number of ether oxygens (including phenoxy) is 1. The van der Waals surface area contributed by atoms with Gasteiger partial charge in [0.2, 0.25) is 0 Å². The molecule has 1 aromatic carbocycles. The molecule has 0 spiro atoms. The van der Waals surface area contributed by atoms with Gasteiger partial charge in [-0.15, -0.1) is 0 Å². The molecular formula is C22H22F3N5O2. The molecule has 0 bridgehead atoms. The van der Waals surface area contributed by atoms with Gasteiger partial charge in [-0.05, 0) is 42.8 Å². The highest BCUT2D eigenvalue weighted by Crippen LogP contribution is 2.30. The number of carbonyl (C=O) groups is 1. The number of aromatic amines is 1. The lowest BCUT2D eigenvalue weighted by Gasteiger charge is -2.19. The number of H-pyrrole nitrogens is 1. The number of carbonyl (C=O) groups excluding carboxylic acids is 1. The van der Waals surface area contributed by atoms with E-state index in [4.69, 9.17) is 4.74 Å². The summed E-state index contributed by atoms with van der Waals surface area (Å²) in [6, 6.07) is 12.7. The monoisotopic (exact) mass is 445 g/mol. The maximum absolute atomic E-state index is 12.9. The minimum absolute atomic E-state index is 0.158. The number of benzene rings is 1. The van der Waals surface area contributed by atoms with Crippen LogP contribution in [0.4, 0.5) is 19.0 Å². The Morgan fingerprint density at radius 3 is 2.69 bits per heavy atom. The fraction of sp³-hybridized carbons (Fsp3) is 0.318. The summed E-state index contributed by atoms with van der Waals surface area (Å²) in [7, 11) is 0. The van der Waals surface area contributed by atoms with Crippen LogP contribution in [0.1, 0.15) is 41.1 Å². The first kappa shape index (κ1) is 21.7. The molecular weight excluding hydrogens is 423 g/mol. The zero-order valence-electron chi connectivity index (χ0n) is 17.3. The summed E-state index contributed by atoms with van der Waals surface area (Å²) in [5.74, 6) is 0.706. The van der Waals surface area contributed by atoms with Crippen molar-refractivity contribution in [1.29, 1.82) is 0 Å². The predicted octanol–water partition coefficient (Wildman–Crippen LogP) is 3.97. The van der Waals surface area contributed by atoms with Gasteiger partial charge in [0, 0.05) is 19.2 Å². The Morgan fingerprint density at radius 1 is 1.22 bits per heavy atom. The zero-order chi connectivity index (χ0) is 22.7. The third-order valence-electron chi connectivity index (χ3n) is 5.27. The van der Waals surface area contributed by atoms with Gasteiger partial charge >= 0.3 is 6.18 Å². The fourth-order valence-electron chi connectivity index (χ4n) is 3.56. The average molecular weight is 445 g/mol. The standard InChI is InChI=1S/C22H22F3N5O2/c1-14(27-21(31)18-9-11-26-29-18)15-5-7-16(8-6-15)32-17-10-12-30(13-17)20-4-2-3-19(28-20)22(23,24)25/h2-9,11,14,17H,10,12-13H2,1H3,(H,26,29)(H,27,31)/t14-,17?/m0/s1. The Balaban J connectivity index is 1.33. The molecule has 168 valence electrons. The van der Waals surface area contributed by atoms with E-state index in [9.17, 15) is 18.0 Å². The van der Waals surface area contributed by atoms with Crippen molar-refractivity contribution in [3.05, 3.63) is 71.7 Å². The first-order valence-corrected chi connectivity index (χ1v) is 10.2. The number of nitrogens with zero attached hydrogens (tertiary/aromatic N) is 3. The number of amides is 1. The Hall–Kier alpha value is -3.56. The van der Waals surface area contributed by atoms with E-state index in [0.717, 1.165) is 11.6 Å². The molecule has 1 aliphatic rings. The molecule has 4 rings (SSSR count). The van der Waals surface area contributed by atoms with Gasteiger partial charge in [-0.1, -0.05) is 18.2 Å². The van der Waals surface area contributed by atoms with E-state index in [1.54, 1.807) is 17.0 Å². The lowest BCUT2D eigenvalue weighted by atomic mass is 10.1. The summed E-state index contributed by atoms with van der Waals surface area (Å²) in [4.78, 5) is 17.7. The van der Waals surface area contributed by atoms with Crippen LogP contribution in [-0.4, -0.2) is 40.3 Å². The largest absolute Gasteiger partial charge is 0.489 e. The number of hydrogen-bond donors (Lipinski definition) is 2. The van der Waals surface area contributed by atoms with Crippen molar-refractivity contribution < 1.29 is 22.7 Å². The summed E-state index contributed by atoms with van der Waals surface area (Å²) >= 11 is 0. The second kappa shape index (κ2) is 8.89. The van der Waals surface area contributed by atoms with Crippen molar-refractivity contribution in [1.82, 2.24) is 20.5 Å². The Labute approximate surface area is 182 Å². The molecule has 0 radical (unpaired) electrons. The number of halogens is 3. The van der Waals surface area contributed by atoms with Crippen molar-refractivity contribution in [3.8, 4) is 5.75 Å². The molecule has 1 saturated heterocycles. The molecule has 1 fully saturated rings. The van der Waals surface area contributed by atoms with Gasteiger partial charge in [-0.3, -0.25) is 9.89 Å². The van der Waals surface area contributed by atoms with E-state index in [0.29, 0.717) is 36.8 Å². The molecule has 10 heteroatoms. The average Bonchev–Trinajstić information content (AvgIpc) is 3.46. The second-order valence-electron chi connectivity index (χ2n) is 7.59. The second-order valence-corrected chi connectivity index (χ2v) is 7.59. The Bertz CT molecular complexity index is 1050. The number of pyridine rings is 1.